The second kappa shape index (κ2) is 9.99. The molecular weight excluding hydrogens is 396 g/mol. The molecule has 4 rings (SSSR count). The van der Waals surface area contributed by atoms with Crippen molar-refractivity contribution in [3.05, 3.63) is 65.7 Å². The van der Waals surface area contributed by atoms with Crippen LogP contribution in [0.15, 0.2) is 49.0 Å². The van der Waals surface area contributed by atoms with Crippen LogP contribution < -0.4 is 20.5 Å². The van der Waals surface area contributed by atoms with Gasteiger partial charge in [0.25, 0.3) is 0 Å². The van der Waals surface area contributed by atoms with Crippen molar-refractivity contribution in [1.82, 2.24) is 5.32 Å². The summed E-state index contributed by atoms with van der Waals surface area (Å²) in [6, 6.07) is 15.0. The highest BCUT2D eigenvalue weighted by Crippen LogP contribution is 2.40. The van der Waals surface area contributed by atoms with Gasteiger partial charge in [-0.15, -0.1) is 0 Å². The monoisotopic (exact) mass is 434 g/mol. The molecule has 2 aromatic carbocycles. The number of nitrogens with two attached hydrogens (primary N) is 1. The third-order valence-corrected chi connectivity index (χ3v) is 6.64. The summed E-state index contributed by atoms with van der Waals surface area (Å²) in [6.07, 6.45) is 9.37. The number of hydrogen-bond donors (Lipinski definition) is 2. The fourth-order valence-electron chi connectivity index (χ4n) is 4.93. The van der Waals surface area contributed by atoms with Gasteiger partial charge >= 0.3 is 0 Å². The van der Waals surface area contributed by atoms with Crippen molar-refractivity contribution in [1.29, 1.82) is 0 Å². The third-order valence-electron chi connectivity index (χ3n) is 6.64. The Balaban J connectivity index is 1.38. The molecule has 0 saturated heterocycles. The topological polar surface area (TPSA) is 56.5 Å². The van der Waals surface area contributed by atoms with Gasteiger partial charge in [0.1, 0.15) is 17.1 Å². The van der Waals surface area contributed by atoms with Crippen molar-refractivity contribution in [2.75, 3.05) is 6.54 Å². The number of unbranched alkanes of at least 4 members (excludes halogenated alkanes) is 3. The summed E-state index contributed by atoms with van der Waals surface area (Å²) >= 11 is 0. The van der Waals surface area contributed by atoms with Gasteiger partial charge in [0.05, 0.1) is 12.1 Å². The summed E-state index contributed by atoms with van der Waals surface area (Å²) in [6.45, 7) is 9.46. The Bertz CT molecular complexity index is 937. The van der Waals surface area contributed by atoms with E-state index in [0.29, 0.717) is 6.10 Å². The van der Waals surface area contributed by atoms with Gasteiger partial charge in [-0.2, -0.15) is 0 Å². The average Bonchev–Trinajstić information content (AvgIpc) is 2.77. The average molecular weight is 435 g/mol. The smallest absolute Gasteiger partial charge is 0.125 e. The Morgan fingerprint density at radius 3 is 2.75 bits per heavy atom. The molecule has 0 aliphatic carbocycles. The number of para-hydroxylation sites is 1. The van der Waals surface area contributed by atoms with Crippen LogP contribution in [0.25, 0.3) is 5.70 Å². The SMILES string of the molecule is C=C(NC1CC(C)(C)Oc2ccccc21)c1ccc2c(c1)CCC(CCCCCCN)O2. The summed E-state index contributed by atoms with van der Waals surface area (Å²) in [5.74, 6) is 2.00. The number of ether oxygens (including phenoxy) is 2. The van der Waals surface area contributed by atoms with Gasteiger partial charge in [0, 0.05) is 17.7 Å². The molecule has 2 aliphatic heterocycles. The van der Waals surface area contributed by atoms with Crippen LogP contribution in [-0.2, 0) is 6.42 Å². The minimum atomic E-state index is -0.213. The highest BCUT2D eigenvalue weighted by Gasteiger charge is 2.33. The molecule has 2 heterocycles. The van der Waals surface area contributed by atoms with E-state index >= 15 is 0 Å². The lowest BCUT2D eigenvalue weighted by Crippen LogP contribution is -2.39. The third kappa shape index (κ3) is 5.47. The van der Waals surface area contributed by atoms with Crippen LogP contribution >= 0.6 is 0 Å². The highest BCUT2D eigenvalue weighted by molar-refractivity contribution is 5.64. The minimum absolute atomic E-state index is 0.179. The number of nitrogens with one attached hydrogen (secondary N) is 1. The summed E-state index contributed by atoms with van der Waals surface area (Å²) in [5, 5.41) is 3.68. The molecule has 0 fully saturated rings. The quantitative estimate of drug-likeness (QED) is 0.465. The molecule has 2 aliphatic rings. The van der Waals surface area contributed by atoms with Crippen molar-refractivity contribution >= 4 is 5.70 Å². The molecule has 0 aromatic heterocycles. The zero-order valence-electron chi connectivity index (χ0n) is 19.7. The first-order chi connectivity index (χ1) is 15.4. The predicted molar refractivity (Wildman–Crippen MR) is 132 cm³/mol. The van der Waals surface area contributed by atoms with E-state index in [2.05, 4.69) is 62.1 Å². The second-order valence-electron chi connectivity index (χ2n) is 9.87. The lowest BCUT2D eigenvalue weighted by Gasteiger charge is -2.38. The van der Waals surface area contributed by atoms with Gasteiger partial charge in [-0.1, -0.05) is 37.6 Å². The normalized spacial score (nSPS) is 21.0. The van der Waals surface area contributed by atoms with Crippen molar-refractivity contribution in [2.24, 2.45) is 5.73 Å². The second-order valence-corrected chi connectivity index (χ2v) is 9.87. The molecule has 2 unspecified atom stereocenters. The van der Waals surface area contributed by atoms with Crippen molar-refractivity contribution in [3.8, 4) is 11.5 Å². The number of fused-ring (bicyclic) bond motifs is 2. The molecule has 2 aromatic rings. The van der Waals surface area contributed by atoms with E-state index in [0.717, 1.165) is 61.4 Å². The maximum atomic E-state index is 6.31. The van der Waals surface area contributed by atoms with Crippen LogP contribution in [0, 0.1) is 0 Å². The Morgan fingerprint density at radius 2 is 1.91 bits per heavy atom. The molecule has 4 heteroatoms. The first-order valence-corrected chi connectivity index (χ1v) is 12.2. The lowest BCUT2D eigenvalue weighted by atomic mass is 9.89. The van der Waals surface area contributed by atoms with Gasteiger partial charge in [0.15, 0.2) is 0 Å². The van der Waals surface area contributed by atoms with Crippen LogP contribution in [-0.4, -0.2) is 18.2 Å². The Kier molecular flexibility index (Phi) is 7.10. The molecule has 0 bridgehead atoms. The van der Waals surface area contributed by atoms with E-state index in [4.69, 9.17) is 15.2 Å². The molecule has 0 radical (unpaired) electrons. The van der Waals surface area contributed by atoms with Gasteiger partial charge < -0.3 is 20.5 Å². The molecule has 172 valence electrons. The van der Waals surface area contributed by atoms with Gasteiger partial charge in [-0.3, -0.25) is 0 Å². The van der Waals surface area contributed by atoms with Gasteiger partial charge in [0.2, 0.25) is 0 Å². The van der Waals surface area contributed by atoms with Crippen LogP contribution in [0.4, 0.5) is 0 Å². The Hall–Kier alpha value is -2.46. The molecule has 32 heavy (non-hydrogen) atoms. The zero-order chi connectivity index (χ0) is 22.6. The number of aryl methyl sites for hydroxylation is 1. The van der Waals surface area contributed by atoms with E-state index < -0.39 is 0 Å². The molecule has 3 N–H and O–H groups in total. The standard InChI is InChI=1S/C28H38N2O2/c1-20(30-25-19-28(2,3)32-27-12-8-7-11-24(25)27)21-14-16-26-22(18-21)13-15-23(31-26)10-6-4-5-9-17-29/h7-8,11-12,14,16,18,23,25,30H,1,4-6,9-10,13,15,17,19,29H2,2-3H3. The molecule has 0 amide bonds. The molecule has 2 atom stereocenters. The van der Waals surface area contributed by atoms with E-state index in [1.54, 1.807) is 0 Å². The highest BCUT2D eigenvalue weighted by atomic mass is 16.5. The van der Waals surface area contributed by atoms with E-state index in [-0.39, 0.29) is 11.6 Å². The first kappa shape index (κ1) is 22.7. The Morgan fingerprint density at radius 1 is 1.09 bits per heavy atom. The minimum Gasteiger partial charge on any atom is -0.490 e. The van der Waals surface area contributed by atoms with E-state index in [1.165, 1.54) is 30.4 Å². The van der Waals surface area contributed by atoms with Crippen molar-refractivity contribution in [3.63, 3.8) is 0 Å². The first-order valence-electron chi connectivity index (χ1n) is 12.2. The van der Waals surface area contributed by atoms with Gasteiger partial charge in [-0.25, -0.2) is 0 Å². The maximum Gasteiger partial charge on any atom is 0.125 e. The molecule has 4 nitrogen and oxygen atoms in total. The fraction of sp³-hybridized carbons (Fsp3) is 0.500. The molecule has 0 saturated carbocycles. The summed E-state index contributed by atoms with van der Waals surface area (Å²) in [4.78, 5) is 0. The molecule has 0 spiro atoms. The van der Waals surface area contributed by atoms with Crippen molar-refractivity contribution < 1.29 is 9.47 Å². The van der Waals surface area contributed by atoms with Crippen molar-refractivity contribution in [2.45, 2.75) is 83.0 Å². The van der Waals surface area contributed by atoms with Crippen LogP contribution in [0.2, 0.25) is 0 Å². The van der Waals surface area contributed by atoms with E-state index in [9.17, 15) is 0 Å². The summed E-state index contributed by atoms with van der Waals surface area (Å²) < 4.78 is 12.5. The summed E-state index contributed by atoms with van der Waals surface area (Å²) in [7, 11) is 0. The number of benzene rings is 2. The largest absolute Gasteiger partial charge is 0.490 e. The van der Waals surface area contributed by atoms with Crippen LogP contribution in [0.3, 0.4) is 0 Å². The predicted octanol–water partition coefficient (Wildman–Crippen LogP) is 6.15. The summed E-state index contributed by atoms with van der Waals surface area (Å²) in [5.41, 5.74) is 9.94. The zero-order valence-corrected chi connectivity index (χ0v) is 19.7. The van der Waals surface area contributed by atoms with E-state index in [1.807, 2.05) is 6.07 Å². The number of rotatable bonds is 9. The maximum absolute atomic E-state index is 6.31. The lowest BCUT2D eigenvalue weighted by molar-refractivity contribution is 0.0691. The molecular formula is C28H38N2O2. The fourth-order valence-corrected chi connectivity index (χ4v) is 4.93. The number of hydrogen-bond acceptors (Lipinski definition) is 4. The van der Waals surface area contributed by atoms with Crippen LogP contribution in [0.5, 0.6) is 11.5 Å². The Labute approximate surface area is 193 Å². The van der Waals surface area contributed by atoms with Gasteiger partial charge in [-0.05, 0) is 87.9 Å². The van der Waals surface area contributed by atoms with Crippen LogP contribution in [0.1, 0.15) is 81.5 Å².